The number of rotatable bonds is 5. The summed E-state index contributed by atoms with van der Waals surface area (Å²) in [4.78, 5) is 0. The van der Waals surface area contributed by atoms with Crippen LogP contribution >= 0.6 is 0 Å². The van der Waals surface area contributed by atoms with Gasteiger partial charge in [-0.25, -0.2) is 8.78 Å². The van der Waals surface area contributed by atoms with Crippen molar-refractivity contribution in [3.8, 4) is 11.5 Å². The molecule has 2 rings (SSSR count). The highest BCUT2D eigenvalue weighted by molar-refractivity contribution is 5.95. The Morgan fingerprint density at radius 3 is 2.38 bits per heavy atom. The molecule has 0 aliphatic heterocycles. The highest BCUT2D eigenvalue weighted by Gasteiger charge is 2.16. The van der Waals surface area contributed by atoms with Gasteiger partial charge in [-0.3, -0.25) is 5.41 Å². The molecule has 0 radical (unpaired) electrons. The summed E-state index contributed by atoms with van der Waals surface area (Å²) in [5.74, 6) is -2.62. The van der Waals surface area contributed by atoms with Gasteiger partial charge >= 0.3 is 0 Å². The summed E-state index contributed by atoms with van der Waals surface area (Å²) in [6.07, 6.45) is 0.310. The third-order valence-corrected chi connectivity index (χ3v) is 2.88. The quantitative estimate of drug-likeness (QED) is 0.585. The van der Waals surface area contributed by atoms with E-state index in [1.54, 1.807) is 24.3 Å². The molecule has 0 amide bonds. The number of amidine groups is 1. The van der Waals surface area contributed by atoms with Crippen molar-refractivity contribution in [2.75, 3.05) is 6.61 Å². The number of halogens is 2. The Labute approximate surface area is 120 Å². The normalized spacial score (nSPS) is 10.4. The SMILES string of the molecule is N=C(N)c1cc(F)c(Oc2ccccc2CCO)c(F)c1. The van der Waals surface area contributed by atoms with Crippen molar-refractivity contribution in [3.63, 3.8) is 0 Å². The molecule has 0 saturated carbocycles. The molecule has 110 valence electrons. The number of para-hydroxylation sites is 1. The van der Waals surface area contributed by atoms with Gasteiger partial charge in [-0.05, 0) is 30.2 Å². The van der Waals surface area contributed by atoms with E-state index in [4.69, 9.17) is 21.0 Å². The predicted octanol–water partition coefficient (Wildman–Crippen LogP) is 2.58. The maximum atomic E-state index is 13.9. The molecular formula is C15H14F2N2O2. The lowest BCUT2D eigenvalue weighted by Gasteiger charge is -2.12. The molecule has 0 fully saturated rings. The first kappa shape index (κ1) is 14.9. The van der Waals surface area contributed by atoms with Gasteiger partial charge in [-0.2, -0.15) is 0 Å². The van der Waals surface area contributed by atoms with Crippen LogP contribution in [-0.2, 0) is 6.42 Å². The molecule has 0 heterocycles. The minimum atomic E-state index is -0.945. The first-order valence-electron chi connectivity index (χ1n) is 6.23. The second-order valence-corrected chi connectivity index (χ2v) is 4.37. The van der Waals surface area contributed by atoms with Crippen LogP contribution in [0.15, 0.2) is 36.4 Å². The van der Waals surface area contributed by atoms with Gasteiger partial charge in [-0.1, -0.05) is 18.2 Å². The van der Waals surface area contributed by atoms with E-state index in [-0.39, 0.29) is 17.9 Å². The molecule has 0 atom stereocenters. The number of aliphatic hydroxyl groups excluding tert-OH is 1. The van der Waals surface area contributed by atoms with Gasteiger partial charge in [0.05, 0.1) is 0 Å². The third kappa shape index (κ3) is 3.35. The van der Waals surface area contributed by atoms with E-state index in [9.17, 15) is 8.78 Å². The smallest absolute Gasteiger partial charge is 0.198 e. The van der Waals surface area contributed by atoms with E-state index < -0.39 is 23.2 Å². The average Bonchev–Trinajstić information content (AvgIpc) is 2.44. The van der Waals surface area contributed by atoms with Crippen molar-refractivity contribution in [2.24, 2.45) is 5.73 Å². The summed E-state index contributed by atoms with van der Waals surface area (Å²) in [6, 6.07) is 8.54. The molecule has 0 aromatic heterocycles. The predicted molar refractivity (Wildman–Crippen MR) is 74.7 cm³/mol. The van der Waals surface area contributed by atoms with Crippen molar-refractivity contribution in [1.29, 1.82) is 5.41 Å². The zero-order valence-electron chi connectivity index (χ0n) is 11.1. The zero-order valence-corrected chi connectivity index (χ0v) is 11.1. The minimum Gasteiger partial charge on any atom is -0.451 e. The standard InChI is InChI=1S/C15H14F2N2O2/c16-11-7-10(15(18)19)8-12(17)14(11)21-13-4-2-1-3-9(13)5-6-20/h1-4,7-8,20H,5-6H2,(H3,18,19). The highest BCUT2D eigenvalue weighted by atomic mass is 19.1. The first-order valence-corrected chi connectivity index (χ1v) is 6.23. The number of nitrogen functional groups attached to an aromatic ring is 1. The molecule has 2 aromatic rings. The molecule has 0 unspecified atom stereocenters. The molecule has 0 aliphatic carbocycles. The number of ether oxygens (including phenoxy) is 1. The molecule has 0 aliphatic rings. The van der Waals surface area contributed by atoms with Crippen LogP contribution < -0.4 is 10.5 Å². The van der Waals surface area contributed by atoms with Crippen LogP contribution in [0.5, 0.6) is 11.5 Å². The van der Waals surface area contributed by atoms with E-state index in [1.807, 2.05) is 0 Å². The number of aliphatic hydroxyl groups is 1. The van der Waals surface area contributed by atoms with Crippen molar-refractivity contribution >= 4 is 5.84 Å². The maximum absolute atomic E-state index is 13.9. The van der Waals surface area contributed by atoms with Gasteiger partial charge in [0.1, 0.15) is 11.6 Å². The molecule has 0 saturated heterocycles. The van der Waals surface area contributed by atoms with Gasteiger partial charge in [0.15, 0.2) is 17.4 Å². The van der Waals surface area contributed by atoms with Crippen molar-refractivity contribution < 1.29 is 18.6 Å². The molecule has 0 spiro atoms. The van der Waals surface area contributed by atoms with E-state index in [2.05, 4.69) is 0 Å². The fourth-order valence-corrected chi connectivity index (χ4v) is 1.85. The summed E-state index contributed by atoms with van der Waals surface area (Å²) in [5.41, 5.74) is 5.78. The Bertz CT molecular complexity index is 651. The lowest BCUT2D eigenvalue weighted by atomic mass is 10.1. The number of hydrogen-bond donors (Lipinski definition) is 3. The summed E-state index contributed by atoms with van der Waals surface area (Å²) in [6.45, 7) is -0.103. The number of nitrogens with one attached hydrogen (secondary N) is 1. The van der Waals surface area contributed by atoms with Gasteiger partial charge in [0.25, 0.3) is 0 Å². The Hall–Kier alpha value is -2.47. The topological polar surface area (TPSA) is 79.3 Å². The maximum Gasteiger partial charge on any atom is 0.198 e. The zero-order chi connectivity index (χ0) is 15.4. The van der Waals surface area contributed by atoms with Crippen LogP contribution in [0.3, 0.4) is 0 Å². The highest BCUT2D eigenvalue weighted by Crippen LogP contribution is 2.30. The molecule has 4 nitrogen and oxygen atoms in total. The van der Waals surface area contributed by atoms with Crippen LogP contribution in [0.2, 0.25) is 0 Å². The largest absolute Gasteiger partial charge is 0.451 e. The Balaban J connectivity index is 2.38. The van der Waals surface area contributed by atoms with E-state index in [0.717, 1.165) is 12.1 Å². The fraction of sp³-hybridized carbons (Fsp3) is 0.133. The Morgan fingerprint density at radius 2 is 1.81 bits per heavy atom. The summed E-state index contributed by atoms with van der Waals surface area (Å²) in [5, 5.41) is 16.2. The van der Waals surface area contributed by atoms with Crippen molar-refractivity contribution in [3.05, 3.63) is 59.2 Å². The summed E-state index contributed by atoms with van der Waals surface area (Å²) < 4.78 is 33.1. The third-order valence-electron chi connectivity index (χ3n) is 2.88. The van der Waals surface area contributed by atoms with Gasteiger partial charge < -0.3 is 15.6 Å². The Kier molecular flexibility index (Phi) is 4.49. The van der Waals surface area contributed by atoms with Crippen molar-refractivity contribution in [2.45, 2.75) is 6.42 Å². The van der Waals surface area contributed by atoms with Crippen LogP contribution in [-0.4, -0.2) is 17.5 Å². The summed E-state index contributed by atoms with van der Waals surface area (Å²) in [7, 11) is 0. The molecule has 2 aromatic carbocycles. The minimum absolute atomic E-state index is 0.0546. The first-order chi connectivity index (χ1) is 10.0. The second-order valence-electron chi connectivity index (χ2n) is 4.37. The lowest BCUT2D eigenvalue weighted by molar-refractivity contribution is 0.297. The van der Waals surface area contributed by atoms with E-state index >= 15 is 0 Å². The van der Waals surface area contributed by atoms with E-state index in [1.165, 1.54) is 0 Å². The molecule has 6 heteroatoms. The van der Waals surface area contributed by atoms with Crippen LogP contribution in [0.25, 0.3) is 0 Å². The number of nitrogens with two attached hydrogens (primary N) is 1. The van der Waals surface area contributed by atoms with Gasteiger partial charge in [0, 0.05) is 12.2 Å². The van der Waals surface area contributed by atoms with Crippen LogP contribution in [0.1, 0.15) is 11.1 Å². The number of hydrogen-bond acceptors (Lipinski definition) is 3. The molecular weight excluding hydrogens is 278 g/mol. The lowest BCUT2D eigenvalue weighted by Crippen LogP contribution is -2.12. The average molecular weight is 292 g/mol. The fourth-order valence-electron chi connectivity index (χ4n) is 1.85. The van der Waals surface area contributed by atoms with Crippen LogP contribution in [0, 0.1) is 17.0 Å². The van der Waals surface area contributed by atoms with Crippen LogP contribution in [0.4, 0.5) is 8.78 Å². The van der Waals surface area contributed by atoms with Gasteiger partial charge in [-0.15, -0.1) is 0 Å². The van der Waals surface area contributed by atoms with Crippen molar-refractivity contribution in [1.82, 2.24) is 0 Å². The summed E-state index contributed by atoms with van der Waals surface area (Å²) >= 11 is 0. The molecule has 0 bridgehead atoms. The molecule has 4 N–H and O–H groups in total. The monoisotopic (exact) mass is 292 g/mol. The van der Waals surface area contributed by atoms with Gasteiger partial charge in [0.2, 0.25) is 0 Å². The Morgan fingerprint density at radius 1 is 1.19 bits per heavy atom. The van der Waals surface area contributed by atoms with E-state index in [0.29, 0.717) is 12.0 Å². The second kappa shape index (κ2) is 6.32. The molecule has 21 heavy (non-hydrogen) atoms. The number of benzene rings is 2.